The Hall–Kier alpha value is -2.08. The fourth-order valence-corrected chi connectivity index (χ4v) is 4.87. The van der Waals surface area contributed by atoms with Crippen molar-refractivity contribution in [3.05, 3.63) is 29.8 Å². The van der Waals surface area contributed by atoms with Gasteiger partial charge in [0.2, 0.25) is 0 Å². The molecule has 1 aromatic rings. The van der Waals surface area contributed by atoms with Crippen molar-refractivity contribution in [3.63, 3.8) is 0 Å². The summed E-state index contributed by atoms with van der Waals surface area (Å²) in [6.45, 7) is 3.34. The average molecular weight is 385 g/mol. The summed E-state index contributed by atoms with van der Waals surface area (Å²) in [5.74, 6) is -0.0375. The first-order valence-corrected chi connectivity index (χ1v) is 10.7. The zero-order valence-electron chi connectivity index (χ0n) is 17.0. The first-order chi connectivity index (χ1) is 13.6. The average Bonchev–Trinajstić information content (AvgIpc) is 2.93. The maximum absolute atomic E-state index is 12.9. The lowest BCUT2D eigenvalue weighted by molar-refractivity contribution is -0.133. The lowest BCUT2D eigenvalue weighted by atomic mass is 9.82. The highest BCUT2D eigenvalue weighted by molar-refractivity contribution is 6.07. The van der Waals surface area contributed by atoms with E-state index in [0.717, 1.165) is 45.2 Å². The molecule has 0 radical (unpaired) electrons. The fourth-order valence-electron chi connectivity index (χ4n) is 4.87. The predicted octanol–water partition coefficient (Wildman–Crippen LogP) is 3.32. The standard InChI is InChI=1S/C22H32N4O2/c1-24(16-18-8-10-19(11-9-18)25-14-6-3-7-15-25)17-26-20(27)22(23-21(26)28)12-4-2-5-13-22/h8-11H,2-7,12-17H2,1H3,(H,23,28). The van der Waals surface area contributed by atoms with E-state index in [1.807, 2.05) is 11.9 Å². The van der Waals surface area contributed by atoms with E-state index in [9.17, 15) is 9.59 Å². The van der Waals surface area contributed by atoms with Crippen LogP contribution < -0.4 is 10.2 Å². The van der Waals surface area contributed by atoms with Gasteiger partial charge in [0.05, 0.1) is 6.67 Å². The van der Waals surface area contributed by atoms with Gasteiger partial charge in [-0.15, -0.1) is 0 Å². The van der Waals surface area contributed by atoms with Gasteiger partial charge in [-0.25, -0.2) is 9.69 Å². The highest BCUT2D eigenvalue weighted by Gasteiger charge is 2.51. The van der Waals surface area contributed by atoms with Crippen LogP contribution in [0.1, 0.15) is 56.9 Å². The van der Waals surface area contributed by atoms with E-state index in [0.29, 0.717) is 13.2 Å². The molecule has 3 fully saturated rings. The van der Waals surface area contributed by atoms with Gasteiger partial charge in [-0.2, -0.15) is 0 Å². The molecule has 3 amide bonds. The van der Waals surface area contributed by atoms with E-state index in [2.05, 4.69) is 34.5 Å². The molecular formula is C22H32N4O2. The second kappa shape index (κ2) is 8.11. The van der Waals surface area contributed by atoms with Crippen molar-refractivity contribution in [1.82, 2.24) is 15.1 Å². The second-order valence-corrected chi connectivity index (χ2v) is 8.68. The number of nitrogens with zero attached hydrogens (tertiary/aromatic N) is 3. The van der Waals surface area contributed by atoms with Crippen molar-refractivity contribution in [2.45, 2.75) is 63.5 Å². The lowest BCUT2D eigenvalue weighted by Crippen LogP contribution is -2.48. The van der Waals surface area contributed by atoms with E-state index in [4.69, 9.17) is 0 Å². The highest BCUT2D eigenvalue weighted by Crippen LogP contribution is 2.33. The molecule has 2 aliphatic heterocycles. The quantitative estimate of drug-likeness (QED) is 0.792. The van der Waals surface area contributed by atoms with E-state index >= 15 is 0 Å². The summed E-state index contributed by atoms with van der Waals surface area (Å²) in [6.07, 6.45) is 8.61. The van der Waals surface area contributed by atoms with Crippen LogP contribution in [-0.4, -0.2) is 54.1 Å². The largest absolute Gasteiger partial charge is 0.372 e. The van der Waals surface area contributed by atoms with Gasteiger partial charge in [-0.05, 0) is 56.8 Å². The third-order valence-corrected chi connectivity index (χ3v) is 6.45. The van der Waals surface area contributed by atoms with Crippen LogP contribution in [0.4, 0.5) is 10.5 Å². The molecule has 6 heteroatoms. The zero-order valence-corrected chi connectivity index (χ0v) is 17.0. The number of anilines is 1. The molecule has 2 heterocycles. The molecule has 1 N–H and O–H groups in total. The Kier molecular flexibility index (Phi) is 5.58. The molecule has 1 spiro atoms. The number of imide groups is 1. The van der Waals surface area contributed by atoms with Gasteiger partial charge in [-0.1, -0.05) is 31.4 Å². The minimum atomic E-state index is -0.633. The highest BCUT2D eigenvalue weighted by atomic mass is 16.2. The van der Waals surface area contributed by atoms with Crippen LogP contribution in [0.5, 0.6) is 0 Å². The SMILES string of the molecule is CN(Cc1ccc(N2CCCCC2)cc1)CN1C(=O)NC2(CCCCC2)C1=O. The van der Waals surface area contributed by atoms with Gasteiger partial charge in [0.25, 0.3) is 5.91 Å². The molecule has 1 saturated carbocycles. The molecule has 4 rings (SSSR count). The Bertz CT molecular complexity index is 706. The molecular weight excluding hydrogens is 352 g/mol. The van der Waals surface area contributed by atoms with Crippen LogP contribution in [0.3, 0.4) is 0 Å². The Morgan fingerprint density at radius 3 is 2.29 bits per heavy atom. The van der Waals surface area contributed by atoms with Gasteiger partial charge in [0, 0.05) is 25.3 Å². The van der Waals surface area contributed by atoms with Crippen molar-refractivity contribution in [3.8, 4) is 0 Å². The van der Waals surface area contributed by atoms with Gasteiger partial charge in [-0.3, -0.25) is 9.69 Å². The van der Waals surface area contributed by atoms with Crippen LogP contribution in [0, 0.1) is 0 Å². The van der Waals surface area contributed by atoms with Gasteiger partial charge < -0.3 is 10.2 Å². The maximum atomic E-state index is 12.9. The number of urea groups is 1. The van der Waals surface area contributed by atoms with Crippen LogP contribution in [0.25, 0.3) is 0 Å². The fraction of sp³-hybridized carbons (Fsp3) is 0.636. The Morgan fingerprint density at radius 2 is 1.61 bits per heavy atom. The minimum absolute atomic E-state index is 0.0375. The van der Waals surface area contributed by atoms with Gasteiger partial charge >= 0.3 is 6.03 Å². The van der Waals surface area contributed by atoms with E-state index in [1.165, 1.54) is 35.4 Å². The Morgan fingerprint density at radius 1 is 0.964 bits per heavy atom. The first kappa shape index (κ1) is 19.2. The van der Waals surface area contributed by atoms with Crippen LogP contribution >= 0.6 is 0 Å². The molecule has 152 valence electrons. The molecule has 0 unspecified atom stereocenters. The van der Waals surface area contributed by atoms with E-state index in [-0.39, 0.29) is 11.9 Å². The first-order valence-electron chi connectivity index (χ1n) is 10.7. The molecule has 3 aliphatic rings. The lowest BCUT2D eigenvalue weighted by Gasteiger charge is -2.31. The van der Waals surface area contributed by atoms with Gasteiger partial charge in [0.1, 0.15) is 5.54 Å². The smallest absolute Gasteiger partial charge is 0.326 e. The van der Waals surface area contributed by atoms with Crippen molar-refractivity contribution in [2.24, 2.45) is 0 Å². The third kappa shape index (κ3) is 3.88. The number of carbonyl (C=O) groups is 2. The molecule has 1 aliphatic carbocycles. The monoisotopic (exact) mass is 384 g/mol. The normalized spacial score (nSPS) is 22.2. The second-order valence-electron chi connectivity index (χ2n) is 8.68. The number of nitrogens with one attached hydrogen (secondary N) is 1. The summed E-state index contributed by atoms with van der Waals surface area (Å²) >= 11 is 0. The van der Waals surface area contributed by atoms with E-state index in [1.54, 1.807) is 0 Å². The summed E-state index contributed by atoms with van der Waals surface area (Å²) in [4.78, 5) is 31.2. The number of hydrogen-bond donors (Lipinski definition) is 1. The molecule has 0 atom stereocenters. The van der Waals surface area contributed by atoms with Crippen LogP contribution in [0.15, 0.2) is 24.3 Å². The molecule has 0 aromatic heterocycles. The molecule has 6 nitrogen and oxygen atoms in total. The van der Waals surface area contributed by atoms with Crippen molar-refractivity contribution in [1.29, 1.82) is 0 Å². The summed E-state index contributed by atoms with van der Waals surface area (Å²) in [6, 6.07) is 8.47. The summed E-state index contributed by atoms with van der Waals surface area (Å²) in [5, 5.41) is 2.99. The number of rotatable bonds is 5. The minimum Gasteiger partial charge on any atom is -0.372 e. The summed E-state index contributed by atoms with van der Waals surface area (Å²) in [5.41, 5.74) is 1.86. The number of carbonyl (C=O) groups excluding carboxylic acids is 2. The maximum Gasteiger partial charge on any atom is 0.326 e. The van der Waals surface area contributed by atoms with Gasteiger partial charge in [0.15, 0.2) is 0 Å². The number of piperidine rings is 1. The third-order valence-electron chi connectivity index (χ3n) is 6.45. The summed E-state index contributed by atoms with van der Waals surface area (Å²) < 4.78 is 0. The molecule has 0 bridgehead atoms. The Labute approximate surface area is 167 Å². The number of benzene rings is 1. The van der Waals surface area contributed by atoms with Crippen LogP contribution in [-0.2, 0) is 11.3 Å². The van der Waals surface area contributed by atoms with Crippen molar-refractivity contribution >= 4 is 17.6 Å². The number of hydrogen-bond acceptors (Lipinski definition) is 4. The van der Waals surface area contributed by atoms with Crippen molar-refractivity contribution in [2.75, 3.05) is 31.7 Å². The molecule has 2 saturated heterocycles. The number of amides is 3. The molecule has 28 heavy (non-hydrogen) atoms. The predicted molar refractivity (Wildman–Crippen MR) is 110 cm³/mol. The van der Waals surface area contributed by atoms with Crippen LogP contribution in [0.2, 0.25) is 0 Å². The zero-order chi connectivity index (χ0) is 19.6. The molecule has 1 aromatic carbocycles. The van der Waals surface area contributed by atoms with E-state index < -0.39 is 5.54 Å². The topological polar surface area (TPSA) is 55.9 Å². The van der Waals surface area contributed by atoms with Crippen molar-refractivity contribution < 1.29 is 9.59 Å². The Balaban J connectivity index is 1.34. The summed E-state index contributed by atoms with van der Waals surface area (Å²) in [7, 11) is 1.96.